The Hall–Kier alpha value is -1.16. The summed E-state index contributed by atoms with van der Waals surface area (Å²) in [6.07, 6.45) is 1.96. The van der Waals surface area contributed by atoms with Crippen molar-refractivity contribution in [3.05, 3.63) is 41.2 Å². The van der Waals surface area contributed by atoms with Crippen molar-refractivity contribution in [2.45, 2.75) is 25.6 Å². The molecule has 1 aromatic heterocycles. The van der Waals surface area contributed by atoms with Gasteiger partial charge in [-0.25, -0.2) is 4.68 Å². The molecule has 2 rings (SSSR count). The minimum absolute atomic E-state index is 0.229. The van der Waals surface area contributed by atoms with Crippen LogP contribution in [-0.2, 0) is 0 Å². The van der Waals surface area contributed by atoms with Crippen LogP contribution in [0, 0.1) is 13.8 Å². The van der Waals surface area contributed by atoms with Crippen LogP contribution in [0.3, 0.4) is 0 Å². The van der Waals surface area contributed by atoms with Crippen molar-refractivity contribution in [1.82, 2.24) is 15.0 Å². The van der Waals surface area contributed by atoms with Crippen LogP contribution >= 0.6 is 15.9 Å². The summed E-state index contributed by atoms with van der Waals surface area (Å²) in [4.78, 5) is 0.229. The Morgan fingerprint density at radius 1 is 1.31 bits per heavy atom. The van der Waals surface area contributed by atoms with E-state index in [1.807, 2.05) is 17.8 Å². The van der Waals surface area contributed by atoms with Gasteiger partial charge in [0.1, 0.15) is 0 Å². The van der Waals surface area contributed by atoms with Crippen LogP contribution in [0.5, 0.6) is 0 Å². The Labute approximate surface area is 104 Å². The molecule has 3 nitrogen and oxygen atoms in total. The van der Waals surface area contributed by atoms with E-state index >= 15 is 0 Å². The van der Waals surface area contributed by atoms with Gasteiger partial charge in [0.15, 0.2) is 0 Å². The topological polar surface area (TPSA) is 30.7 Å². The summed E-state index contributed by atoms with van der Waals surface area (Å²) in [5.41, 5.74) is 4.49. The monoisotopic (exact) mass is 279 g/mol. The number of hydrogen-bond donors (Lipinski definition) is 0. The maximum Gasteiger partial charge on any atom is 0.0965 e. The lowest BCUT2D eigenvalue weighted by atomic mass is 10.1. The molecule has 0 saturated carbocycles. The number of benzene rings is 1. The molecule has 0 N–H and O–H groups in total. The Kier molecular flexibility index (Phi) is 3.10. The van der Waals surface area contributed by atoms with E-state index in [2.05, 4.69) is 58.3 Å². The number of aromatic nitrogens is 3. The Bertz CT molecular complexity index is 503. The predicted molar refractivity (Wildman–Crippen MR) is 68.2 cm³/mol. The highest BCUT2D eigenvalue weighted by molar-refractivity contribution is 9.09. The van der Waals surface area contributed by atoms with Crippen LogP contribution in [0.15, 0.2) is 24.4 Å². The zero-order valence-electron chi connectivity index (χ0n) is 9.61. The van der Waals surface area contributed by atoms with Gasteiger partial charge in [0.2, 0.25) is 0 Å². The van der Waals surface area contributed by atoms with Gasteiger partial charge in [-0.15, -0.1) is 5.10 Å². The molecule has 1 atom stereocenters. The van der Waals surface area contributed by atoms with Crippen LogP contribution in [0.25, 0.3) is 5.69 Å². The van der Waals surface area contributed by atoms with Crippen molar-refractivity contribution in [1.29, 1.82) is 0 Å². The molecular formula is C12H14BrN3. The molecule has 0 aliphatic rings. The average Bonchev–Trinajstić information content (AvgIpc) is 2.66. The maximum absolute atomic E-state index is 4.13. The molecule has 4 heteroatoms. The zero-order chi connectivity index (χ0) is 11.7. The predicted octanol–water partition coefficient (Wildman–Crippen LogP) is 3.34. The third-order valence-corrected chi connectivity index (χ3v) is 2.99. The second kappa shape index (κ2) is 4.37. The smallest absolute Gasteiger partial charge is 0.0965 e. The molecule has 1 unspecified atom stereocenters. The van der Waals surface area contributed by atoms with E-state index in [4.69, 9.17) is 0 Å². The van der Waals surface area contributed by atoms with Crippen LogP contribution in [0.1, 0.15) is 28.6 Å². The highest BCUT2D eigenvalue weighted by Crippen LogP contribution is 2.21. The molecule has 0 amide bonds. The lowest BCUT2D eigenvalue weighted by Crippen LogP contribution is -1.98. The highest BCUT2D eigenvalue weighted by Gasteiger charge is 2.08. The quantitative estimate of drug-likeness (QED) is 0.790. The number of alkyl halides is 1. The zero-order valence-corrected chi connectivity index (χ0v) is 11.2. The first-order chi connectivity index (χ1) is 7.58. The van der Waals surface area contributed by atoms with Crippen molar-refractivity contribution in [2.24, 2.45) is 0 Å². The molecular weight excluding hydrogens is 266 g/mol. The molecule has 1 heterocycles. The van der Waals surface area contributed by atoms with Crippen molar-refractivity contribution < 1.29 is 0 Å². The second-order valence-electron chi connectivity index (χ2n) is 3.99. The van der Waals surface area contributed by atoms with Gasteiger partial charge in [-0.3, -0.25) is 0 Å². The van der Waals surface area contributed by atoms with E-state index < -0.39 is 0 Å². The first-order valence-electron chi connectivity index (χ1n) is 5.22. The molecule has 0 bridgehead atoms. The van der Waals surface area contributed by atoms with Crippen LogP contribution in [0.2, 0.25) is 0 Å². The van der Waals surface area contributed by atoms with Gasteiger partial charge in [-0.2, -0.15) is 0 Å². The van der Waals surface area contributed by atoms with Crippen molar-refractivity contribution in [3.63, 3.8) is 0 Å². The van der Waals surface area contributed by atoms with Crippen LogP contribution in [-0.4, -0.2) is 15.0 Å². The van der Waals surface area contributed by atoms with Crippen molar-refractivity contribution >= 4 is 15.9 Å². The molecule has 0 aliphatic heterocycles. The summed E-state index contributed by atoms with van der Waals surface area (Å²) in [5.74, 6) is 0. The van der Waals surface area contributed by atoms with E-state index in [9.17, 15) is 0 Å². The van der Waals surface area contributed by atoms with E-state index in [1.54, 1.807) is 0 Å². The maximum atomic E-state index is 4.13. The van der Waals surface area contributed by atoms with Crippen molar-refractivity contribution in [3.8, 4) is 5.69 Å². The fourth-order valence-corrected chi connectivity index (χ4v) is 1.85. The third kappa shape index (κ3) is 2.16. The highest BCUT2D eigenvalue weighted by atomic mass is 79.9. The summed E-state index contributed by atoms with van der Waals surface area (Å²) in [6, 6.07) is 6.30. The molecule has 2 aromatic rings. The number of hydrogen-bond acceptors (Lipinski definition) is 2. The first-order valence-corrected chi connectivity index (χ1v) is 6.13. The SMILES string of the molecule is Cc1ccc(-n2cc(C(C)Br)nn2)c(C)c1. The van der Waals surface area contributed by atoms with Gasteiger partial charge < -0.3 is 0 Å². The summed E-state index contributed by atoms with van der Waals surface area (Å²) < 4.78 is 1.82. The molecule has 16 heavy (non-hydrogen) atoms. The minimum atomic E-state index is 0.229. The fourth-order valence-electron chi connectivity index (χ4n) is 1.64. The van der Waals surface area contributed by atoms with Crippen LogP contribution < -0.4 is 0 Å². The lowest BCUT2D eigenvalue weighted by molar-refractivity contribution is 0.793. The van der Waals surface area contributed by atoms with E-state index in [-0.39, 0.29) is 4.83 Å². The lowest BCUT2D eigenvalue weighted by Gasteiger charge is -2.05. The third-order valence-electron chi connectivity index (χ3n) is 2.52. The molecule has 1 aromatic carbocycles. The molecule has 0 fully saturated rings. The second-order valence-corrected chi connectivity index (χ2v) is 5.37. The Morgan fingerprint density at radius 3 is 2.62 bits per heavy atom. The standard InChI is InChI=1S/C12H14BrN3/c1-8-4-5-12(9(2)6-8)16-7-11(10(3)13)14-15-16/h4-7,10H,1-3H3. The first kappa shape index (κ1) is 11.3. The molecule has 0 radical (unpaired) electrons. The van der Waals surface area contributed by atoms with E-state index in [1.165, 1.54) is 11.1 Å². The normalized spacial score (nSPS) is 12.8. The average molecular weight is 280 g/mol. The summed E-state index contributed by atoms with van der Waals surface area (Å²) in [5, 5.41) is 8.26. The molecule has 0 saturated heterocycles. The van der Waals surface area contributed by atoms with Gasteiger partial charge in [0, 0.05) is 0 Å². The summed E-state index contributed by atoms with van der Waals surface area (Å²) >= 11 is 3.48. The van der Waals surface area contributed by atoms with Gasteiger partial charge in [0.25, 0.3) is 0 Å². The number of nitrogens with zero attached hydrogens (tertiary/aromatic N) is 3. The minimum Gasteiger partial charge on any atom is -0.220 e. The Balaban J connectivity index is 2.42. The van der Waals surface area contributed by atoms with E-state index in [0.717, 1.165) is 11.4 Å². The van der Waals surface area contributed by atoms with Crippen LogP contribution in [0.4, 0.5) is 0 Å². The largest absolute Gasteiger partial charge is 0.220 e. The fraction of sp³-hybridized carbons (Fsp3) is 0.333. The Morgan fingerprint density at radius 2 is 2.06 bits per heavy atom. The number of halogens is 1. The summed E-state index contributed by atoms with van der Waals surface area (Å²) in [7, 11) is 0. The van der Waals surface area contributed by atoms with E-state index in [0.29, 0.717) is 0 Å². The molecule has 0 spiro atoms. The number of aryl methyl sites for hydroxylation is 2. The van der Waals surface area contributed by atoms with Gasteiger partial charge >= 0.3 is 0 Å². The van der Waals surface area contributed by atoms with Gasteiger partial charge in [-0.05, 0) is 32.4 Å². The van der Waals surface area contributed by atoms with Gasteiger partial charge in [-0.1, -0.05) is 38.8 Å². The van der Waals surface area contributed by atoms with Crippen molar-refractivity contribution in [2.75, 3.05) is 0 Å². The molecule has 84 valence electrons. The number of rotatable bonds is 2. The van der Waals surface area contributed by atoms with Gasteiger partial charge in [0.05, 0.1) is 22.4 Å². The summed E-state index contributed by atoms with van der Waals surface area (Å²) in [6.45, 7) is 6.21. The molecule has 0 aliphatic carbocycles.